The maximum absolute atomic E-state index is 12.3. The van der Waals surface area contributed by atoms with Crippen molar-refractivity contribution in [3.05, 3.63) is 23.4 Å². The molecule has 0 saturated carbocycles. The van der Waals surface area contributed by atoms with Gasteiger partial charge < -0.3 is 0 Å². The molecule has 4 nitrogen and oxygen atoms in total. The Morgan fingerprint density at radius 3 is 2.25 bits per heavy atom. The number of rotatable bonds is 2. The number of pyridine rings is 1. The van der Waals surface area contributed by atoms with Gasteiger partial charge in [-0.15, -0.1) is 0 Å². The highest BCUT2D eigenvalue weighted by molar-refractivity contribution is 8.13. The van der Waals surface area contributed by atoms with Gasteiger partial charge in [0.05, 0.1) is 5.56 Å². The molecule has 1 aromatic rings. The van der Waals surface area contributed by atoms with Crippen molar-refractivity contribution >= 4 is 26.0 Å². The zero-order valence-corrected chi connectivity index (χ0v) is 8.90. The van der Waals surface area contributed by atoms with E-state index in [-0.39, 0.29) is 12.4 Å². The topological polar surface area (TPSA) is 64.1 Å². The van der Waals surface area contributed by atoms with Gasteiger partial charge in [0.25, 0.3) is 9.05 Å². The monoisotopic (exact) mass is 273 g/mol. The molecule has 88 valence electrons. The Morgan fingerprint density at radius 1 is 1.31 bits per heavy atom. The third kappa shape index (κ3) is 2.92. The first kappa shape index (κ1) is 12.9. The number of hydrogen-bond acceptors (Lipinski definition) is 4. The van der Waals surface area contributed by atoms with Crippen LogP contribution in [0.2, 0.25) is 0 Å². The van der Waals surface area contributed by atoms with Crippen LogP contribution in [0.4, 0.5) is 13.2 Å². The van der Waals surface area contributed by atoms with E-state index in [0.717, 1.165) is 0 Å². The second-order valence-electron chi connectivity index (χ2n) is 2.67. The van der Waals surface area contributed by atoms with Crippen LogP contribution >= 0.6 is 10.7 Å². The molecule has 0 radical (unpaired) electrons. The van der Waals surface area contributed by atoms with E-state index in [2.05, 4.69) is 4.98 Å². The van der Waals surface area contributed by atoms with E-state index >= 15 is 0 Å². The molecule has 1 rings (SSSR count). The summed E-state index contributed by atoms with van der Waals surface area (Å²) in [6.07, 6.45) is -4.78. The molecule has 0 saturated heterocycles. The van der Waals surface area contributed by atoms with E-state index in [4.69, 9.17) is 10.7 Å². The van der Waals surface area contributed by atoms with Crippen molar-refractivity contribution in [3.63, 3.8) is 0 Å². The fourth-order valence-electron chi connectivity index (χ4n) is 0.875. The van der Waals surface area contributed by atoms with Crippen LogP contribution in [0.15, 0.2) is 17.2 Å². The highest BCUT2D eigenvalue weighted by Crippen LogP contribution is 2.31. The lowest BCUT2D eigenvalue weighted by atomic mass is 10.2. The van der Waals surface area contributed by atoms with Crippen molar-refractivity contribution in [2.24, 2.45) is 0 Å². The number of halogens is 4. The fraction of sp³-hybridized carbons (Fsp3) is 0.143. The highest BCUT2D eigenvalue weighted by atomic mass is 35.7. The van der Waals surface area contributed by atoms with Gasteiger partial charge in [0, 0.05) is 10.7 Å². The lowest BCUT2D eigenvalue weighted by Gasteiger charge is -2.07. The third-order valence-corrected chi connectivity index (χ3v) is 2.70. The van der Waals surface area contributed by atoms with Crippen LogP contribution in [0, 0.1) is 0 Å². The molecule has 0 aliphatic rings. The molecule has 0 unspecified atom stereocenters. The molecule has 0 aliphatic carbocycles. The molecule has 0 bridgehead atoms. The third-order valence-electron chi connectivity index (χ3n) is 1.52. The van der Waals surface area contributed by atoms with Crippen LogP contribution in [0.1, 0.15) is 16.1 Å². The minimum absolute atomic E-state index is 0.000802. The van der Waals surface area contributed by atoms with Crippen molar-refractivity contribution in [3.8, 4) is 0 Å². The first-order valence-corrected chi connectivity index (χ1v) is 5.94. The Morgan fingerprint density at radius 2 is 1.88 bits per heavy atom. The van der Waals surface area contributed by atoms with E-state index in [1.807, 2.05) is 0 Å². The van der Waals surface area contributed by atoms with Gasteiger partial charge in [0.1, 0.15) is 5.69 Å². The second-order valence-corrected chi connectivity index (χ2v) is 5.19. The van der Waals surface area contributed by atoms with Gasteiger partial charge in [0.15, 0.2) is 11.3 Å². The lowest BCUT2D eigenvalue weighted by molar-refractivity contribution is -0.137. The molecule has 0 atom stereocenters. The van der Waals surface area contributed by atoms with Crippen LogP contribution in [0.3, 0.4) is 0 Å². The van der Waals surface area contributed by atoms with Crippen LogP contribution in [0.25, 0.3) is 0 Å². The summed E-state index contributed by atoms with van der Waals surface area (Å²) in [5.74, 6) is 0. The summed E-state index contributed by atoms with van der Waals surface area (Å²) >= 11 is 0. The summed E-state index contributed by atoms with van der Waals surface area (Å²) in [5.41, 5.74) is -1.96. The van der Waals surface area contributed by atoms with Crippen LogP contribution in [-0.4, -0.2) is 19.7 Å². The quantitative estimate of drug-likeness (QED) is 0.609. The molecule has 0 amide bonds. The van der Waals surface area contributed by atoms with Crippen molar-refractivity contribution in [2.75, 3.05) is 0 Å². The largest absolute Gasteiger partial charge is 0.416 e. The number of carbonyl (C=O) groups excluding carboxylic acids is 1. The van der Waals surface area contributed by atoms with Gasteiger partial charge in [-0.1, -0.05) is 0 Å². The van der Waals surface area contributed by atoms with Crippen LogP contribution in [0.5, 0.6) is 0 Å². The summed E-state index contributed by atoms with van der Waals surface area (Å²) in [7, 11) is 0.420. The van der Waals surface area contributed by atoms with E-state index in [1.165, 1.54) is 0 Å². The summed E-state index contributed by atoms with van der Waals surface area (Å²) in [6, 6.07) is 0.688. The molecule has 0 aliphatic heterocycles. The Kier molecular flexibility index (Phi) is 3.25. The summed E-state index contributed by atoms with van der Waals surface area (Å²) in [5, 5.41) is -1.01. The van der Waals surface area contributed by atoms with Crippen molar-refractivity contribution in [1.29, 1.82) is 0 Å². The van der Waals surface area contributed by atoms with Crippen molar-refractivity contribution in [1.82, 2.24) is 4.98 Å². The minimum Gasteiger partial charge on any atom is -0.296 e. The Labute approximate surface area is 92.5 Å². The van der Waals surface area contributed by atoms with E-state index in [0.29, 0.717) is 6.07 Å². The number of alkyl halides is 3. The zero-order chi connectivity index (χ0) is 12.6. The number of nitrogens with zero attached hydrogens (tertiary/aromatic N) is 1. The Hall–Kier alpha value is -1.15. The number of hydrogen-bond donors (Lipinski definition) is 0. The normalized spacial score (nSPS) is 12.5. The summed E-state index contributed by atoms with van der Waals surface area (Å²) < 4.78 is 58.5. The molecule has 0 spiro atoms. The number of carbonyl (C=O) groups is 1. The average Bonchev–Trinajstić information content (AvgIpc) is 2.14. The van der Waals surface area contributed by atoms with Gasteiger partial charge in [-0.05, 0) is 12.1 Å². The smallest absolute Gasteiger partial charge is 0.296 e. The SMILES string of the molecule is O=Cc1cc(C(F)(F)F)cc(S(=O)(=O)Cl)n1. The molecule has 16 heavy (non-hydrogen) atoms. The molecule has 9 heteroatoms. The molecule has 0 aromatic carbocycles. The highest BCUT2D eigenvalue weighted by Gasteiger charge is 2.32. The van der Waals surface area contributed by atoms with Crippen molar-refractivity contribution < 1.29 is 26.4 Å². The van der Waals surface area contributed by atoms with E-state index in [9.17, 15) is 26.4 Å². The standard InChI is InChI=1S/C7H3ClF3NO3S/c8-16(14,15)6-2-4(7(9,10)11)1-5(3-13)12-6/h1-3H. The van der Waals surface area contributed by atoms with Gasteiger partial charge in [-0.25, -0.2) is 13.4 Å². The van der Waals surface area contributed by atoms with Gasteiger partial charge >= 0.3 is 6.18 Å². The molecule has 0 N–H and O–H groups in total. The van der Waals surface area contributed by atoms with Gasteiger partial charge in [-0.3, -0.25) is 4.79 Å². The maximum atomic E-state index is 12.3. The predicted molar refractivity (Wildman–Crippen MR) is 47.7 cm³/mol. The van der Waals surface area contributed by atoms with Gasteiger partial charge in [-0.2, -0.15) is 13.2 Å². The Balaban J connectivity index is 3.51. The summed E-state index contributed by atoms with van der Waals surface area (Å²) in [6.45, 7) is 0. The zero-order valence-electron chi connectivity index (χ0n) is 7.32. The maximum Gasteiger partial charge on any atom is 0.416 e. The first-order chi connectivity index (χ1) is 7.14. The van der Waals surface area contributed by atoms with E-state index < -0.39 is 31.5 Å². The van der Waals surface area contributed by atoms with Crippen LogP contribution < -0.4 is 0 Å². The average molecular weight is 274 g/mol. The lowest BCUT2D eigenvalue weighted by Crippen LogP contribution is -2.09. The summed E-state index contributed by atoms with van der Waals surface area (Å²) in [4.78, 5) is 13.4. The Bertz CT molecular complexity index is 526. The van der Waals surface area contributed by atoms with Crippen LogP contribution in [-0.2, 0) is 15.2 Å². The van der Waals surface area contributed by atoms with E-state index in [1.54, 1.807) is 0 Å². The number of aldehydes is 1. The first-order valence-electron chi connectivity index (χ1n) is 3.63. The fourth-order valence-corrected chi connectivity index (χ4v) is 1.59. The number of aromatic nitrogens is 1. The van der Waals surface area contributed by atoms with Gasteiger partial charge in [0.2, 0.25) is 0 Å². The molecule has 0 fully saturated rings. The molecular weight excluding hydrogens is 271 g/mol. The molecule has 1 aromatic heterocycles. The predicted octanol–water partition coefficient (Wildman–Crippen LogP) is 1.84. The molecule has 1 heterocycles. The second kappa shape index (κ2) is 4.02. The molecular formula is C7H3ClF3NO3S. The minimum atomic E-state index is -4.78. The van der Waals surface area contributed by atoms with Crippen molar-refractivity contribution in [2.45, 2.75) is 11.2 Å².